The SMILES string of the molecule is O=C(COc1ccc(CO)cc1)N1CCC(Sc2ccccc2Cl)C1. The largest absolute Gasteiger partial charge is 0.484 e. The average Bonchev–Trinajstić information content (AvgIpc) is 3.11. The Morgan fingerprint density at radius 3 is 2.72 bits per heavy atom. The molecular weight excluding hydrogens is 358 g/mol. The molecule has 1 saturated heterocycles. The molecule has 1 amide bonds. The first-order chi connectivity index (χ1) is 12.2. The molecule has 3 rings (SSSR count). The Morgan fingerprint density at radius 2 is 2.00 bits per heavy atom. The minimum absolute atomic E-state index is 0.00251. The zero-order valence-corrected chi connectivity index (χ0v) is 15.3. The Kier molecular flexibility index (Phi) is 6.24. The average molecular weight is 378 g/mol. The maximum absolute atomic E-state index is 12.3. The van der Waals surface area contributed by atoms with Gasteiger partial charge in [-0.25, -0.2) is 0 Å². The number of benzene rings is 2. The summed E-state index contributed by atoms with van der Waals surface area (Å²) in [6.45, 7) is 1.48. The number of nitrogens with zero attached hydrogens (tertiary/aromatic N) is 1. The Labute approximate surface area is 156 Å². The number of halogens is 1. The van der Waals surface area contributed by atoms with Crippen LogP contribution in [0.4, 0.5) is 0 Å². The van der Waals surface area contributed by atoms with Gasteiger partial charge in [-0.1, -0.05) is 35.9 Å². The van der Waals surface area contributed by atoms with Gasteiger partial charge < -0.3 is 14.7 Å². The minimum atomic E-state index is -0.00602. The molecule has 132 valence electrons. The van der Waals surface area contributed by atoms with E-state index in [-0.39, 0.29) is 19.1 Å². The van der Waals surface area contributed by atoms with E-state index in [0.717, 1.165) is 28.4 Å². The van der Waals surface area contributed by atoms with Crippen LogP contribution in [0, 0.1) is 0 Å². The van der Waals surface area contributed by atoms with Crippen LogP contribution < -0.4 is 4.74 Å². The van der Waals surface area contributed by atoms with Gasteiger partial charge >= 0.3 is 0 Å². The molecule has 1 atom stereocenters. The minimum Gasteiger partial charge on any atom is -0.484 e. The number of aliphatic hydroxyl groups is 1. The van der Waals surface area contributed by atoms with Gasteiger partial charge in [0.1, 0.15) is 5.75 Å². The monoisotopic (exact) mass is 377 g/mol. The zero-order chi connectivity index (χ0) is 17.6. The van der Waals surface area contributed by atoms with E-state index < -0.39 is 0 Å². The predicted octanol–water partition coefficient (Wildman–Crippen LogP) is 3.60. The fourth-order valence-electron chi connectivity index (χ4n) is 2.70. The van der Waals surface area contributed by atoms with Gasteiger partial charge in [0.15, 0.2) is 6.61 Å². The number of carbonyl (C=O) groups is 1. The molecule has 0 aromatic heterocycles. The lowest BCUT2D eigenvalue weighted by Crippen LogP contribution is -2.33. The Balaban J connectivity index is 1.48. The third-order valence-corrected chi connectivity index (χ3v) is 5.87. The number of likely N-dealkylation sites (tertiary alicyclic amines) is 1. The summed E-state index contributed by atoms with van der Waals surface area (Å²) < 4.78 is 5.55. The molecule has 0 radical (unpaired) electrons. The van der Waals surface area contributed by atoms with Crippen molar-refractivity contribution in [2.24, 2.45) is 0 Å². The van der Waals surface area contributed by atoms with Crippen LogP contribution in [0.15, 0.2) is 53.4 Å². The van der Waals surface area contributed by atoms with Gasteiger partial charge in [-0.3, -0.25) is 4.79 Å². The Hall–Kier alpha value is -1.69. The summed E-state index contributed by atoms with van der Waals surface area (Å²) in [6, 6.07) is 14.9. The molecule has 4 nitrogen and oxygen atoms in total. The highest BCUT2D eigenvalue weighted by Crippen LogP contribution is 2.34. The van der Waals surface area contributed by atoms with Gasteiger partial charge in [0.25, 0.3) is 5.91 Å². The zero-order valence-electron chi connectivity index (χ0n) is 13.7. The van der Waals surface area contributed by atoms with Gasteiger partial charge in [0, 0.05) is 23.2 Å². The van der Waals surface area contributed by atoms with Crippen LogP contribution in [0.2, 0.25) is 5.02 Å². The fraction of sp³-hybridized carbons (Fsp3) is 0.316. The molecule has 0 bridgehead atoms. The normalized spacial score (nSPS) is 16.9. The van der Waals surface area contributed by atoms with E-state index in [9.17, 15) is 4.79 Å². The topological polar surface area (TPSA) is 49.8 Å². The first kappa shape index (κ1) is 18.1. The van der Waals surface area contributed by atoms with Crippen molar-refractivity contribution in [1.82, 2.24) is 4.90 Å². The van der Waals surface area contributed by atoms with Crippen molar-refractivity contribution in [1.29, 1.82) is 0 Å². The number of hydrogen-bond acceptors (Lipinski definition) is 4. The second kappa shape index (κ2) is 8.61. The van der Waals surface area contributed by atoms with Crippen LogP contribution in [0.3, 0.4) is 0 Å². The summed E-state index contributed by atoms with van der Waals surface area (Å²) in [4.78, 5) is 15.2. The van der Waals surface area contributed by atoms with Gasteiger partial charge in [-0.05, 0) is 36.2 Å². The number of rotatable bonds is 6. The van der Waals surface area contributed by atoms with Crippen LogP contribution in [0.25, 0.3) is 0 Å². The molecule has 0 spiro atoms. The van der Waals surface area contributed by atoms with Crippen LogP contribution in [-0.2, 0) is 11.4 Å². The molecule has 6 heteroatoms. The molecule has 0 saturated carbocycles. The molecular formula is C19H20ClNO3S. The van der Waals surface area contributed by atoms with Crippen LogP contribution in [0.1, 0.15) is 12.0 Å². The van der Waals surface area contributed by atoms with Crippen molar-refractivity contribution in [3.05, 3.63) is 59.1 Å². The van der Waals surface area contributed by atoms with E-state index in [1.807, 2.05) is 29.2 Å². The number of aliphatic hydroxyl groups excluding tert-OH is 1. The van der Waals surface area contributed by atoms with Crippen molar-refractivity contribution in [2.45, 2.75) is 23.2 Å². The number of hydrogen-bond donors (Lipinski definition) is 1. The number of ether oxygens (including phenoxy) is 1. The van der Waals surface area contributed by atoms with Gasteiger partial charge in [-0.15, -0.1) is 11.8 Å². The summed E-state index contributed by atoms with van der Waals surface area (Å²) in [7, 11) is 0. The summed E-state index contributed by atoms with van der Waals surface area (Å²) in [6.07, 6.45) is 0.951. The maximum atomic E-state index is 12.3. The van der Waals surface area contributed by atoms with Crippen LogP contribution in [-0.4, -0.2) is 40.9 Å². The standard InChI is InChI=1S/C19H20ClNO3S/c20-17-3-1-2-4-18(17)25-16-9-10-21(11-16)19(23)13-24-15-7-5-14(12-22)6-8-15/h1-8,16,22H,9-13H2. The van der Waals surface area contributed by atoms with Crippen molar-refractivity contribution in [3.8, 4) is 5.75 Å². The third-order valence-electron chi connectivity index (χ3n) is 4.10. The molecule has 0 aliphatic carbocycles. The van der Waals surface area contributed by atoms with Gasteiger partial charge in [0.2, 0.25) is 0 Å². The van der Waals surface area contributed by atoms with E-state index in [4.69, 9.17) is 21.4 Å². The maximum Gasteiger partial charge on any atom is 0.260 e. The second-order valence-corrected chi connectivity index (χ2v) is 7.64. The van der Waals surface area contributed by atoms with E-state index in [1.165, 1.54) is 0 Å². The smallest absolute Gasteiger partial charge is 0.260 e. The van der Waals surface area contributed by atoms with E-state index in [0.29, 0.717) is 17.5 Å². The molecule has 2 aromatic carbocycles. The Morgan fingerprint density at radius 1 is 1.24 bits per heavy atom. The molecule has 1 N–H and O–H groups in total. The van der Waals surface area contributed by atoms with E-state index in [2.05, 4.69) is 0 Å². The molecule has 25 heavy (non-hydrogen) atoms. The van der Waals surface area contributed by atoms with Crippen molar-refractivity contribution in [2.75, 3.05) is 19.7 Å². The lowest BCUT2D eigenvalue weighted by molar-refractivity contribution is -0.132. The second-order valence-electron chi connectivity index (χ2n) is 5.89. The van der Waals surface area contributed by atoms with Crippen molar-refractivity contribution < 1.29 is 14.6 Å². The van der Waals surface area contributed by atoms with Gasteiger partial charge in [-0.2, -0.15) is 0 Å². The summed E-state index contributed by atoms with van der Waals surface area (Å²) in [5, 5.41) is 10.1. The summed E-state index contributed by atoms with van der Waals surface area (Å²) in [5.41, 5.74) is 0.817. The lowest BCUT2D eigenvalue weighted by Gasteiger charge is -2.17. The highest BCUT2D eigenvalue weighted by atomic mass is 35.5. The number of amides is 1. The summed E-state index contributed by atoms with van der Waals surface area (Å²) in [5.74, 6) is 0.625. The van der Waals surface area contributed by atoms with Crippen molar-refractivity contribution >= 4 is 29.3 Å². The predicted molar refractivity (Wildman–Crippen MR) is 100 cm³/mol. The van der Waals surface area contributed by atoms with E-state index >= 15 is 0 Å². The number of carbonyl (C=O) groups excluding carboxylic acids is 1. The van der Waals surface area contributed by atoms with E-state index in [1.54, 1.807) is 36.0 Å². The first-order valence-corrected chi connectivity index (χ1v) is 9.43. The van der Waals surface area contributed by atoms with Crippen molar-refractivity contribution in [3.63, 3.8) is 0 Å². The highest BCUT2D eigenvalue weighted by molar-refractivity contribution is 8.00. The molecule has 1 unspecified atom stereocenters. The fourth-order valence-corrected chi connectivity index (χ4v) is 4.14. The number of thioether (sulfide) groups is 1. The molecule has 1 aliphatic rings. The Bertz CT molecular complexity index is 723. The first-order valence-electron chi connectivity index (χ1n) is 8.17. The summed E-state index contributed by atoms with van der Waals surface area (Å²) >= 11 is 7.93. The molecule has 1 heterocycles. The van der Waals surface area contributed by atoms with Gasteiger partial charge in [0.05, 0.1) is 11.6 Å². The van der Waals surface area contributed by atoms with Crippen LogP contribution in [0.5, 0.6) is 5.75 Å². The quantitative estimate of drug-likeness (QED) is 0.835. The lowest BCUT2D eigenvalue weighted by atomic mass is 10.2. The molecule has 2 aromatic rings. The highest BCUT2D eigenvalue weighted by Gasteiger charge is 2.27. The van der Waals surface area contributed by atoms with Crippen LogP contribution >= 0.6 is 23.4 Å². The molecule has 1 fully saturated rings. The molecule has 1 aliphatic heterocycles. The third kappa shape index (κ3) is 4.91.